The Kier molecular flexibility index (Phi) is 2.68. The van der Waals surface area contributed by atoms with Crippen LogP contribution in [0.15, 0.2) is 0 Å². The van der Waals surface area contributed by atoms with E-state index in [0.717, 1.165) is 6.42 Å². The van der Waals surface area contributed by atoms with Crippen LogP contribution in [-0.4, -0.2) is 35.8 Å². The first kappa shape index (κ1) is 9.03. The van der Waals surface area contributed by atoms with Gasteiger partial charge in [-0.05, 0) is 13.3 Å². The van der Waals surface area contributed by atoms with Gasteiger partial charge in [-0.2, -0.15) is 0 Å². The largest absolute Gasteiger partial charge is 0.343 e. The summed E-state index contributed by atoms with van der Waals surface area (Å²) in [6, 6.07) is -0.349. The summed E-state index contributed by atoms with van der Waals surface area (Å²) in [5.41, 5.74) is 0. The molecule has 0 aliphatic carbocycles. The molecule has 1 N–H and O–H groups in total. The number of nitrogens with one attached hydrogen (secondary N) is 1. The highest BCUT2D eigenvalue weighted by atomic mass is 16.2. The Labute approximate surface area is 71.9 Å². The second kappa shape index (κ2) is 3.56. The Morgan fingerprint density at radius 2 is 2.25 bits per heavy atom. The number of amides is 2. The van der Waals surface area contributed by atoms with Crippen molar-refractivity contribution in [3.05, 3.63) is 0 Å². The molecule has 0 aromatic rings. The molecule has 12 heavy (non-hydrogen) atoms. The quantitative estimate of drug-likeness (QED) is 0.621. The van der Waals surface area contributed by atoms with Crippen molar-refractivity contribution in [2.75, 3.05) is 13.1 Å². The number of hydrogen-bond acceptors (Lipinski definition) is 2. The first-order chi connectivity index (χ1) is 5.65. The predicted molar refractivity (Wildman–Crippen MR) is 44.5 cm³/mol. The number of nitrogens with zero attached hydrogens (tertiary/aromatic N) is 1. The van der Waals surface area contributed by atoms with Crippen LogP contribution in [-0.2, 0) is 9.59 Å². The maximum atomic E-state index is 11.4. The van der Waals surface area contributed by atoms with Crippen LogP contribution in [0, 0.1) is 0 Å². The molecule has 1 aliphatic rings. The first-order valence-corrected chi connectivity index (χ1v) is 4.23. The van der Waals surface area contributed by atoms with Crippen molar-refractivity contribution < 1.29 is 9.59 Å². The van der Waals surface area contributed by atoms with Gasteiger partial charge in [0.15, 0.2) is 0 Å². The van der Waals surface area contributed by atoms with E-state index in [1.807, 2.05) is 6.92 Å². The third-order valence-corrected chi connectivity index (χ3v) is 1.89. The van der Waals surface area contributed by atoms with Crippen molar-refractivity contribution in [2.45, 2.75) is 26.3 Å². The van der Waals surface area contributed by atoms with Gasteiger partial charge in [-0.25, -0.2) is 0 Å². The Hall–Kier alpha value is -1.06. The van der Waals surface area contributed by atoms with Gasteiger partial charge < -0.3 is 10.2 Å². The number of hydrogen-bond donors (Lipinski definition) is 1. The normalized spacial score (nSPS) is 24.2. The minimum absolute atomic E-state index is 0.0245. The van der Waals surface area contributed by atoms with Crippen LogP contribution >= 0.6 is 0 Å². The Morgan fingerprint density at radius 3 is 2.83 bits per heavy atom. The van der Waals surface area contributed by atoms with Crippen LogP contribution in [0.4, 0.5) is 0 Å². The van der Waals surface area contributed by atoms with E-state index in [9.17, 15) is 9.59 Å². The van der Waals surface area contributed by atoms with Gasteiger partial charge in [0.05, 0.1) is 6.54 Å². The van der Waals surface area contributed by atoms with Gasteiger partial charge >= 0.3 is 0 Å². The molecule has 1 atom stereocenters. The number of piperazine rings is 1. The molecule has 2 amide bonds. The topological polar surface area (TPSA) is 49.4 Å². The number of carbonyl (C=O) groups is 2. The van der Waals surface area contributed by atoms with Crippen molar-refractivity contribution in [3.8, 4) is 0 Å². The molecular formula is C8H14N2O2. The molecule has 0 spiro atoms. The van der Waals surface area contributed by atoms with Crippen LogP contribution in [0.3, 0.4) is 0 Å². The van der Waals surface area contributed by atoms with E-state index < -0.39 is 0 Å². The van der Waals surface area contributed by atoms with Crippen molar-refractivity contribution in [2.24, 2.45) is 0 Å². The van der Waals surface area contributed by atoms with Crippen LogP contribution in [0.5, 0.6) is 0 Å². The van der Waals surface area contributed by atoms with Crippen LogP contribution in [0.2, 0.25) is 0 Å². The van der Waals surface area contributed by atoms with E-state index in [-0.39, 0.29) is 24.4 Å². The van der Waals surface area contributed by atoms with Gasteiger partial charge in [-0.15, -0.1) is 0 Å². The smallest absolute Gasteiger partial charge is 0.245 e. The molecule has 1 rings (SSSR count). The highest BCUT2D eigenvalue weighted by Crippen LogP contribution is 2.02. The molecule has 0 aromatic heterocycles. The average Bonchev–Trinajstić information content (AvgIpc) is 2.00. The minimum Gasteiger partial charge on any atom is -0.343 e. The average molecular weight is 170 g/mol. The van der Waals surface area contributed by atoms with Gasteiger partial charge in [-0.3, -0.25) is 9.59 Å². The summed E-state index contributed by atoms with van der Waals surface area (Å²) in [7, 11) is 0. The van der Waals surface area contributed by atoms with Gasteiger partial charge in [0.25, 0.3) is 0 Å². The lowest BCUT2D eigenvalue weighted by atomic mass is 10.2. The summed E-state index contributed by atoms with van der Waals surface area (Å²) < 4.78 is 0. The summed E-state index contributed by atoms with van der Waals surface area (Å²) in [5, 5.41) is 2.59. The fourth-order valence-corrected chi connectivity index (χ4v) is 1.33. The second-order valence-corrected chi connectivity index (χ2v) is 3.05. The maximum Gasteiger partial charge on any atom is 0.245 e. The van der Waals surface area contributed by atoms with E-state index in [2.05, 4.69) is 5.32 Å². The van der Waals surface area contributed by atoms with Crippen molar-refractivity contribution >= 4 is 11.8 Å². The molecule has 0 radical (unpaired) electrons. The Morgan fingerprint density at radius 1 is 1.58 bits per heavy atom. The van der Waals surface area contributed by atoms with E-state index in [1.165, 1.54) is 0 Å². The molecule has 4 heteroatoms. The number of carbonyl (C=O) groups excluding carboxylic acids is 2. The summed E-state index contributed by atoms with van der Waals surface area (Å²) >= 11 is 0. The van der Waals surface area contributed by atoms with Crippen molar-refractivity contribution in [1.82, 2.24) is 10.2 Å². The maximum absolute atomic E-state index is 11.4. The first-order valence-electron chi connectivity index (χ1n) is 4.23. The van der Waals surface area contributed by atoms with Gasteiger partial charge in [0.1, 0.15) is 6.04 Å². The van der Waals surface area contributed by atoms with Crippen molar-refractivity contribution in [1.29, 1.82) is 0 Å². The van der Waals surface area contributed by atoms with Crippen LogP contribution in [0.25, 0.3) is 0 Å². The summed E-state index contributed by atoms with van der Waals surface area (Å²) in [6.45, 7) is 4.60. The van der Waals surface area contributed by atoms with E-state index in [0.29, 0.717) is 6.54 Å². The van der Waals surface area contributed by atoms with E-state index >= 15 is 0 Å². The summed E-state index contributed by atoms with van der Waals surface area (Å²) in [5.74, 6) is -0.0352. The molecular weight excluding hydrogens is 156 g/mol. The predicted octanol–water partition coefficient (Wildman–Crippen LogP) is -0.257. The minimum atomic E-state index is -0.349. The molecule has 1 fully saturated rings. The lowest BCUT2D eigenvalue weighted by Gasteiger charge is -2.30. The zero-order valence-corrected chi connectivity index (χ0v) is 7.46. The fourth-order valence-electron chi connectivity index (χ4n) is 1.33. The lowest BCUT2D eigenvalue weighted by Crippen LogP contribution is -2.56. The molecule has 0 unspecified atom stereocenters. The monoisotopic (exact) mass is 170 g/mol. The molecule has 4 nitrogen and oxygen atoms in total. The highest BCUT2D eigenvalue weighted by Gasteiger charge is 2.28. The molecule has 1 heterocycles. The van der Waals surface area contributed by atoms with E-state index in [4.69, 9.17) is 0 Å². The van der Waals surface area contributed by atoms with Gasteiger partial charge in [0.2, 0.25) is 11.8 Å². The lowest BCUT2D eigenvalue weighted by molar-refractivity contribution is -0.143. The highest BCUT2D eigenvalue weighted by molar-refractivity contribution is 5.94. The van der Waals surface area contributed by atoms with Gasteiger partial charge in [0, 0.05) is 6.54 Å². The fraction of sp³-hybridized carbons (Fsp3) is 0.750. The van der Waals surface area contributed by atoms with E-state index in [1.54, 1.807) is 11.8 Å². The summed E-state index contributed by atoms with van der Waals surface area (Å²) in [4.78, 5) is 24.0. The summed E-state index contributed by atoms with van der Waals surface area (Å²) in [6.07, 6.45) is 0.895. The molecule has 0 aromatic carbocycles. The number of rotatable bonds is 2. The second-order valence-electron chi connectivity index (χ2n) is 3.05. The molecule has 1 aliphatic heterocycles. The zero-order valence-electron chi connectivity index (χ0n) is 7.46. The standard InChI is InChI=1S/C8H14N2O2/c1-3-4-10-5-7(11)9-6(2)8(10)12/h6H,3-5H2,1-2H3,(H,9,11)/t6-/m0/s1. The molecule has 0 saturated carbocycles. The molecule has 68 valence electrons. The van der Waals surface area contributed by atoms with Crippen molar-refractivity contribution in [3.63, 3.8) is 0 Å². The van der Waals surface area contributed by atoms with Crippen LogP contribution in [0.1, 0.15) is 20.3 Å². The SMILES string of the molecule is CCCN1CC(=O)N[C@@H](C)C1=O. The van der Waals surface area contributed by atoms with Crippen LogP contribution < -0.4 is 5.32 Å². The zero-order chi connectivity index (χ0) is 9.14. The molecule has 0 bridgehead atoms. The Bertz CT molecular complexity index is 203. The third-order valence-electron chi connectivity index (χ3n) is 1.89. The Balaban J connectivity index is 2.60. The molecule has 1 saturated heterocycles. The van der Waals surface area contributed by atoms with Gasteiger partial charge in [-0.1, -0.05) is 6.92 Å². The third kappa shape index (κ3) is 1.75.